The molecule has 4 N–H and O–H groups in total. The molecule has 16 heavy (non-hydrogen) atoms. The molecule has 0 heterocycles. The highest BCUT2D eigenvalue weighted by Crippen LogP contribution is 2.17. The van der Waals surface area contributed by atoms with Gasteiger partial charge in [-0.25, -0.2) is 4.79 Å². The molecule has 1 rings (SSSR count). The van der Waals surface area contributed by atoms with Crippen LogP contribution in [-0.2, 0) is 0 Å². The van der Waals surface area contributed by atoms with Crippen molar-refractivity contribution in [2.75, 3.05) is 6.54 Å². The van der Waals surface area contributed by atoms with Gasteiger partial charge in [0, 0.05) is 18.6 Å². The first-order chi connectivity index (χ1) is 7.76. The Balaban J connectivity index is 2.19. The SMILES string of the molecule is CCCCC(CN)NC(=O)NC1CCCC1. The van der Waals surface area contributed by atoms with E-state index in [9.17, 15) is 4.79 Å². The number of hydrogen-bond donors (Lipinski definition) is 3. The summed E-state index contributed by atoms with van der Waals surface area (Å²) in [5, 5.41) is 5.97. The van der Waals surface area contributed by atoms with Crippen LogP contribution in [0.1, 0.15) is 51.9 Å². The van der Waals surface area contributed by atoms with Crippen molar-refractivity contribution in [3.8, 4) is 0 Å². The van der Waals surface area contributed by atoms with Gasteiger partial charge in [-0.2, -0.15) is 0 Å². The normalized spacial score (nSPS) is 18.4. The van der Waals surface area contributed by atoms with Crippen LogP contribution in [-0.4, -0.2) is 24.7 Å². The highest BCUT2D eigenvalue weighted by atomic mass is 16.2. The Hall–Kier alpha value is -0.770. The van der Waals surface area contributed by atoms with Gasteiger partial charge in [-0.05, 0) is 19.3 Å². The van der Waals surface area contributed by atoms with E-state index in [0.29, 0.717) is 12.6 Å². The van der Waals surface area contributed by atoms with Crippen LogP contribution in [0.15, 0.2) is 0 Å². The van der Waals surface area contributed by atoms with E-state index in [4.69, 9.17) is 5.73 Å². The molecule has 0 spiro atoms. The van der Waals surface area contributed by atoms with E-state index in [2.05, 4.69) is 17.6 Å². The summed E-state index contributed by atoms with van der Waals surface area (Å²) in [5.41, 5.74) is 5.63. The number of nitrogens with one attached hydrogen (secondary N) is 2. The van der Waals surface area contributed by atoms with Crippen molar-refractivity contribution in [3.05, 3.63) is 0 Å². The van der Waals surface area contributed by atoms with Gasteiger partial charge in [0.1, 0.15) is 0 Å². The van der Waals surface area contributed by atoms with Crippen LogP contribution < -0.4 is 16.4 Å². The first kappa shape index (κ1) is 13.3. The average Bonchev–Trinajstić information content (AvgIpc) is 2.76. The lowest BCUT2D eigenvalue weighted by atomic mass is 10.1. The van der Waals surface area contributed by atoms with Crippen molar-refractivity contribution in [2.45, 2.75) is 64.0 Å². The molecule has 1 fully saturated rings. The highest BCUT2D eigenvalue weighted by Gasteiger charge is 2.18. The zero-order chi connectivity index (χ0) is 11.8. The molecule has 1 aliphatic carbocycles. The number of nitrogens with two attached hydrogens (primary N) is 1. The Kier molecular flexibility index (Phi) is 6.23. The van der Waals surface area contributed by atoms with Crippen molar-refractivity contribution < 1.29 is 4.79 Å². The van der Waals surface area contributed by atoms with Gasteiger partial charge in [-0.15, -0.1) is 0 Å². The van der Waals surface area contributed by atoms with E-state index < -0.39 is 0 Å². The molecule has 0 saturated heterocycles. The second kappa shape index (κ2) is 7.49. The topological polar surface area (TPSA) is 67.1 Å². The monoisotopic (exact) mass is 227 g/mol. The van der Waals surface area contributed by atoms with Gasteiger partial charge in [0.2, 0.25) is 0 Å². The average molecular weight is 227 g/mol. The van der Waals surface area contributed by atoms with Crippen molar-refractivity contribution in [1.82, 2.24) is 10.6 Å². The van der Waals surface area contributed by atoms with Crippen molar-refractivity contribution in [2.24, 2.45) is 5.73 Å². The maximum absolute atomic E-state index is 11.7. The largest absolute Gasteiger partial charge is 0.335 e. The summed E-state index contributed by atoms with van der Waals surface area (Å²) in [6.07, 6.45) is 7.95. The molecule has 1 aliphatic rings. The summed E-state index contributed by atoms with van der Waals surface area (Å²) >= 11 is 0. The van der Waals surface area contributed by atoms with Crippen LogP contribution in [0.2, 0.25) is 0 Å². The second-order valence-corrected chi connectivity index (χ2v) is 4.67. The molecular weight excluding hydrogens is 202 g/mol. The van der Waals surface area contributed by atoms with Gasteiger partial charge < -0.3 is 16.4 Å². The molecule has 4 nitrogen and oxygen atoms in total. The van der Waals surface area contributed by atoms with Gasteiger partial charge in [-0.3, -0.25) is 0 Å². The van der Waals surface area contributed by atoms with Gasteiger partial charge in [0.05, 0.1) is 0 Å². The first-order valence-electron chi connectivity index (χ1n) is 6.53. The maximum Gasteiger partial charge on any atom is 0.315 e. The molecule has 1 atom stereocenters. The standard InChI is InChI=1S/C12H25N3O/c1-2-3-6-11(9-13)15-12(16)14-10-7-4-5-8-10/h10-11H,2-9,13H2,1H3,(H2,14,15,16). The number of amides is 2. The van der Waals surface area contributed by atoms with Crippen LogP contribution in [0.3, 0.4) is 0 Å². The molecule has 0 aliphatic heterocycles. The first-order valence-corrected chi connectivity index (χ1v) is 6.53. The number of urea groups is 1. The molecule has 0 aromatic rings. The maximum atomic E-state index is 11.7. The fraction of sp³-hybridized carbons (Fsp3) is 0.917. The summed E-state index contributed by atoms with van der Waals surface area (Å²) in [4.78, 5) is 11.7. The summed E-state index contributed by atoms with van der Waals surface area (Å²) in [5.74, 6) is 0. The molecule has 2 amide bonds. The van der Waals surface area contributed by atoms with E-state index in [-0.39, 0.29) is 12.1 Å². The minimum atomic E-state index is -0.0431. The van der Waals surface area contributed by atoms with Crippen molar-refractivity contribution >= 4 is 6.03 Å². The minimum Gasteiger partial charge on any atom is -0.335 e. The number of unbranched alkanes of at least 4 members (excludes halogenated alkanes) is 1. The zero-order valence-electron chi connectivity index (χ0n) is 10.3. The molecule has 0 radical (unpaired) electrons. The number of hydrogen-bond acceptors (Lipinski definition) is 2. The second-order valence-electron chi connectivity index (χ2n) is 4.67. The van der Waals surface area contributed by atoms with Gasteiger partial charge in [-0.1, -0.05) is 32.6 Å². The number of carbonyl (C=O) groups is 1. The fourth-order valence-corrected chi connectivity index (χ4v) is 2.18. The summed E-state index contributed by atoms with van der Waals surface area (Å²) < 4.78 is 0. The summed E-state index contributed by atoms with van der Waals surface area (Å²) in [6, 6.07) is 0.462. The molecular formula is C12H25N3O. The fourth-order valence-electron chi connectivity index (χ4n) is 2.18. The minimum absolute atomic E-state index is 0.0431. The van der Waals surface area contributed by atoms with Crippen LogP contribution >= 0.6 is 0 Å². The lowest BCUT2D eigenvalue weighted by Gasteiger charge is -2.19. The lowest BCUT2D eigenvalue weighted by Crippen LogP contribution is -2.48. The van der Waals surface area contributed by atoms with E-state index in [1.165, 1.54) is 12.8 Å². The van der Waals surface area contributed by atoms with Crippen LogP contribution in [0.25, 0.3) is 0 Å². The van der Waals surface area contributed by atoms with Crippen LogP contribution in [0.4, 0.5) is 4.79 Å². The molecule has 0 aromatic carbocycles. The third kappa shape index (κ3) is 4.84. The Morgan fingerprint density at radius 3 is 2.69 bits per heavy atom. The van der Waals surface area contributed by atoms with Crippen LogP contribution in [0.5, 0.6) is 0 Å². The summed E-state index contributed by atoms with van der Waals surface area (Å²) in [6.45, 7) is 2.67. The van der Waals surface area contributed by atoms with E-state index in [1.54, 1.807) is 0 Å². The number of carbonyl (C=O) groups excluding carboxylic acids is 1. The molecule has 1 unspecified atom stereocenters. The third-order valence-corrected chi connectivity index (χ3v) is 3.22. The number of rotatable bonds is 6. The Bertz CT molecular complexity index is 202. The summed E-state index contributed by atoms with van der Waals surface area (Å²) in [7, 11) is 0. The molecule has 1 saturated carbocycles. The van der Waals surface area contributed by atoms with E-state index >= 15 is 0 Å². The van der Waals surface area contributed by atoms with Gasteiger partial charge in [0.25, 0.3) is 0 Å². The Labute approximate surface area is 98.3 Å². The molecule has 94 valence electrons. The molecule has 0 bridgehead atoms. The Morgan fingerprint density at radius 1 is 1.44 bits per heavy atom. The van der Waals surface area contributed by atoms with E-state index in [1.807, 2.05) is 0 Å². The molecule has 4 heteroatoms. The molecule has 0 aromatic heterocycles. The predicted octanol–water partition coefficient (Wildman–Crippen LogP) is 1.75. The Morgan fingerprint density at radius 2 is 2.12 bits per heavy atom. The zero-order valence-corrected chi connectivity index (χ0v) is 10.3. The quantitative estimate of drug-likeness (QED) is 0.647. The smallest absolute Gasteiger partial charge is 0.315 e. The van der Waals surface area contributed by atoms with E-state index in [0.717, 1.165) is 32.1 Å². The third-order valence-electron chi connectivity index (χ3n) is 3.22. The van der Waals surface area contributed by atoms with Gasteiger partial charge >= 0.3 is 6.03 Å². The lowest BCUT2D eigenvalue weighted by molar-refractivity contribution is 0.232. The van der Waals surface area contributed by atoms with Crippen molar-refractivity contribution in [1.29, 1.82) is 0 Å². The van der Waals surface area contributed by atoms with Crippen LogP contribution in [0, 0.1) is 0 Å². The van der Waals surface area contributed by atoms with Crippen molar-refractivity contribution in [3.63, 3.8) is 0 Å². The predicted molar refractivity (Wildman–Crippen MR) is 66.3 cm³/mol. The highest BCUT2D eigenvalue weighted by molar-refractivity contribution is 5.74. The van der Waals surface area contributed by atoms with Gasteiger partial charge in [0.15, 0.2) is 0 Å².